The number of carbonyl (C=O) groups is 2. The lowest BCUT2D eigenvalue weighted by molar-refractivity contribution is -0.332. The van der Waals surface area contributed by atoms with E-state index in [0.29, 0.717) is 12.8 Å². The van der Waals surface area contributed by atoms with Crippen molar-refractivity contribution < 1.29 is 73.8 Å². The number of esters is 2. The van der Waals surface area contributed by atoms with Gasteiger partial charge >= 0.3 is 11.9 Å². The minimum atomic E-state index is -1.77. The van der Waals surface area contributed by atoms with Crippen LogP contribution in [0.15, 0.2) is 30.0 Å². The molecule has 2 aliphatic rings. The molecule has 0 aliphatic carbocycles. The lowest BCUT2D eigenvalue weighted by Gasteiger charge is -2.42. The zero-order valence-corrected chi connectivity index (χ0v) is 38.4. The fraction of sp³-hybridized carbons (Fsp3) is 0.854. The molecule has 63 heavy (non-hydrogen) atoms. The predicted octanol–water partition coefficient (Wildman–Crippen LogP) is 5.75. The molecule has 0 saturated carbocycles. The summed E-state index contributed by atoms with van der Waals surface area (Å²) in [7, 11) is 0. The standard InChI is InChI=1S/C48H84O15/c1-3-5-7-9-11-13-15-17-18-19-21-23-25-27-29-31-40(51)61-36(33-58-39(50)30-28-26-24-22-20-16-14-12-10-8-6-4-2)34-59-47-46(57)44(55)42(53)38(63-47)35-60-48-45(56)43(54)41(52)37(32-49)62-48/h12,14-15,18,36-38,41-49,52-57H,3-11,13,16,19-35H2,1-2H3/b14-12+/t17?,36-,37-,38-,41+,42+,43?,44?,45?,46?,47-,48-/m1/s1. The SMILES string of the molecule is CCCCC/C=C/CCCCCCCC(=O)OC[C@H](CO[C@@H]1O[C@H](CO[C@@H]2O[C@H](CO)[C@H](O)C(O)C2O)[C@H](O)C(O)C1O)OC(=O)CCCCCCCC=C=CCCCCCCC. The fourth-order valence-corrected chi connectivity index (χ4v) is 7.36. The third-order valence-electron chi connectivity index (χ3n) is 11.4. The molecule has 2 heterocycles. The molecule has 0 aromatic rings. The molecule has 4 unspecified atom stereocenters. The van der Waals surface area contributed by atoms with E-state index in [-0.39, 0.29) is 19.4 Å². The van der Waals surface area contributed by atoms with E-state index in [1.54, 1.807) is 0 Å². The van der Waals surface area contributed by atoms with Gasteiger partial charge in [-0.25, -0.2) is 0 Å². The lowest BCUT2D eigenvalue weighted by atomic mass is 9.98. The van der Waals surface area contributed by atoms with Crippen LogP contribution in [-0.4, -0.2) is 142 Å². The van der Waals surface area contributed by atoms with E-state index in [1.165, 1.54) is 51.4 Å². The van der Waals surface area contributed by atoms with Crippen LogP contribution >= 0.6 is 0 Å². The minimum Gasteiger partial charge on any atom is -0.462 e. The molecule has 0 radical (unpaired) electrons. The van der Waals surface area contributed by atoms with Gasteiger partial charge in [-0.15, -0.1) is 5.73 Å². The summed E-state index contributed by atoms with van der Waals surface area (Å²) in [5.41, 5.74) is 3.28. The normalized spacial score (nSPS) is 26.6. The Bertz CT molecular complexity index is 1260. The topological polar surface area (TPSA) is 231 Å². The molecule has 11 atom stereocenters. The van der Waals surface area contributed by atoms with Crippen molar-refractivity contribution >= 4 is 11.9 Å². The van der Waals surface area contributed by atoms with Gasteiger partial charge in [-0.3, -0.25) is 9.59 Å². The molecular weight excluding hydrogens is 817 g/mol. The van der Waals surface area contributed by atoms with Crippen molar-refractivity contribution in [1.29, 1.82) is 0 Å². The Balaban J connectivity index is 1.85. The Morgan fingerprint density at radius 2 is 1.00 bits per heavy atom. The van der Waals surface area contributed by atoms with Crippen molar-refractivity contribution in [1.82, 2.24) is 0 Å². The highest BCUT2D eigenvalue weighted by molar-refractivity contribution is 5.70. The largest absolute Gasteiger partial charge is 0.462 e. The van der Waals surface area contributed by atoms with Gasteiger partial charge in [0.05, 0.1) is 19.8 Å². The number of carbonyl (C=O) groups excluding carboxylic acids is 2. The van der Waals surface area contributed by atoms with Gasteiger partial charge in [-0.05, 0) is 76.4 Å². The molecular formula is C48H84O15. The Hall–Kier alpha value is -2.24. The molecule has 0 aromatic carbocycles. The van der Waals surface area contributed by atoms with Crippen molar-refractivity contribution in [2.45, 2.75) is 235 Å². The van der Waals surface area contributed by atoms with E-state index in [0.717, 1.165) is 77.0 Å². The first kappa shape index (κ1) is 56.9. The number of unbranched alkanes of at least 4 members (excludes halogenated alkanes) is 18. The van der Waals surface area contributed by atoms with Crippen LogP contribution in [0.5, 0.6) is 0 Å². The number of hydrogen-bond donors (Lipinski definition) is 7. The Labute approximate surface area is 376 Å². The summed E-state index contributed by atoms with van der Waals surface area (Å²) in [6.07, 6.45) is 15.6. The van der Waals surface area contributed by atoms with Crippen LogP contribution in [0.25, 0.3) is 0 Å². The molecule has 2 fully saturated rings. The Morgan fingerprint density at radius 1 is 0.540 bits per heavy atom. The monoisotopic (exact) mass is 901 g/mol. The fourth-order valence-electron chi connectivity index (χ4n) is 7.36. The van der Waals surface area contributed by atoms with Gasteiger partial charge in [0.1, 0.15) is 55.4 Å². The average Bonchev–Trinajstić information content (AvgIpc) is 3.28. The van der Waals surface area contributed by atoms with E-state index in [2.05, 4.69) is 43.9 Å². The van der Waals surface area contributed by atoms with Gasteiger partial charge < -0.3 is 64.2 Å². The minimum absolute atomic E-state index is 0.144. The Kier molecular flexibility index (Phi) is 32.5. The maximum absolute atomic E-state index is 13.0. The van der Waals surface area contributed by atoms with E-state index >= 15 is 0 Å². The molecule has 15 heteroatoms. The summed E-state index contributed by atoms with van der Waals surface area (Å²) in [6.45, 7) is 2.50. The molecule has 2 aliphatic heterocycles. The summed E-state index contributed by atoms with van der Waals surface area (Å²) in [5.74, 6) is -0.957. The highest BCUT2D eigenvalue weighted by atomic mass is 16.7. The molecule has 366 valence electrons. The van der Waals surface area contributed by atoms with Crippen LogP contribution in [0.1, 0.15) is 168 Å². The third kappa shape index (κ3) is 24.7. The molecule has 7 N–H and O–H groups in total. The maximum Gasteiger partial charge on any atom is 0.306 e. The first-order valence-electron chi connectivity index (χ1n) is 24.2. The van der Waals surface area contributed by atoms with Crippen molar-refractivity contribution in [3.8, 4) is 0 Å². The van der Waals surface area contributed by atoms with Crippen molar-refractivity contribution in [2.24, 2.45) is 0 Å². The van der Waals surface area contributed by atoms with Crippen molar-refractivity contribution in [3.05, 3.63) is 30.0 Å². The summed E-state index contributed by atoms with van der Waals surface area (Å²) in [4.78, 5) is 25.6. The molecule has 0 aromatic heterocycles. The van der Waals surface area contributed by atoms with Crippen LogP contribution in [-0.2, 0) is 38.0 Å². The average molecular weight is 901 g/mol. The molecule has 2 rings (SSSR count). The number of ether oxygens (including phenoxy) is 6. The Morgan fingerprint density at radius 3 is 1.59 bits per heavy atom. The highest BCUT2D eigenvalue weighted by Gasteiger charge is 2.47. The number of rotatable bonds is 36. The van der Waals surface area contributed by atoms with E-state index < -0.39 is 99.3 Å². The number of allylic oxidation sites excluding steroid dienone is 3. The van der Waals surface area contributed by atoms with Gasteiger partial charge in [0.2, 0.25) is 0 Å². The van der Waals surface area contributed by atoms with Crippen molar-refractivity contribution in [3.63, 3.8) is 0 Å². The van der Waals surface area contributed by atoms with Gasteiger partial charge in [-0.2, -0.15) is 0 Å². The lowest BCUT2D eigenvalue weighted by Crippen LogP contribution is -2.61. The van der Waals surface area contributed by atoms with Gasteiger partial charge in [-0.1, -0.05) is 103 Å². The molecule has 15 nitrogen and oxygen atoms in total. The third-order valence-corrected chi connectivity index (χ3v) is 11.4. The molecule has 2 saturated heterocycles. The van der Waals surface area contributed by atoms with Crippen LogP contribution in [0.4, 0.5) is 0 Å². The van der Waals surface area contributed by atoms with Crippen LogP contribution in [0.3, 0.4) is 0 Å². The van der Waals surface area contributed by atoms with E-state index in [1.807, 2.05) is 0 Å². The summed E-state index contributed by atoms with van der Waals surface area (Å²) >= 11 is 0. The van der Waals surface area contributed by atoms with Gasteiger partial charge in [0.25, 0.3) is 0 Å². The van der Waals surface area contributed by atoms with Gasteiger partial charge in [0, 0.05) is 12.8 Å². The second kappa shape index (κ2) is 35.9. The first-order chi connectivity index (χ1) is 30.5. The maximum atomic E-state index is 13.0. The number of aliphatic hydroxyl groups excluding tert-OH is 7. The first-order valence-corrected chi connectivity index (χ1v) is 24.2. The van der Waals surface area contributed by atoms with Crippen LogP contribution in [0, 0.1) is 0 Å². The molecule has 0 spiro atoms. The molecule has 0 amide bonds. The van der Waals surface area contributed by atoms with Gasteiger partial charge in [0.15, 0.2) is 18.7 Å². The summed E-state index contributed by atoms with van der Waals surface area (Å²) in [5, 5.41) is 71.9. The van der Waals surface area contributed by atoms with E-state index in [4.69, 9.17) is 28.4 Å². The van der Waals surface area contributed by atoms with Crippen LogP contribution < -0.4 is 0 Å². The highest BCUT2D eigenvalue weighted by Crippen LogP contribution is 2.26. The zero-order chi connectivity index (χ0) is 46.1. The smallest absolute Gasteiger partial charge is 0.306 e. The number of hydrogen-bond acceptors (Lipinski definition) is 15. The quantitative estimate of drug-likeness (QED) is 0.0172. The number of aliphatic hydroxyl groups is 7. The second-order valence-electron chi connectivity index (χ2n) is 17.0. The van der Waals surface area contributed by atoms with Crippen molar-refractivity contribution in [2.75, 3.05) is 26.4 Å². The summed E-state index contributed by atoms with van der Waals surface area (Å²) in [6, 6.07) is 0. The predicted molar refractivity (Wildman–Crippen MR) is 237 cm³/mol. The zero-order valence-electron chi connectivity index (χ0n) is 38.4. The van der Waals surface area contributed by atoms with Crippen LogP contribution in [0.2, 0.25) is 0 Å². The second-order valence-corrected chi connectivity index (χ2v) is 17.0. The molecule has 0 bridgehead atoms. The van der Waals surface area contributed by atoms with E-state index in [9.17, 15) is 45.3 Å². The summed E-state index contributed by atoms with van der Waals surface area (Å²) < 4.78 is 33.5.